The van der Waals surface area contributed by atoms with Crippen LogP contribution in [-0.4, -0.2) is 35.5 Å². The van der Waals surface area contributed by atoms with Gasteiger partial charge in [0.2, 0.25) is 11.9 Å². The summed E-state index contributed by atoms with van der Waals surface area (Å²) in [5.41, 5.74) is 1.24. The van der Waals surface area contributed by atoms with Gasteiger partial charge >= 0.3 is 0 Å². The maximum atomic E-state index is 12.6. The third-order valence-corrected chi connectivity index (χ3v) is 6.64. The molecule has 4 aliphatic carbocycles. The lowest BCUT2D eigenvalue weighted by Gasteiger charge is -2.56. The molecule has 5 rings (SSSR count). The van der Waals surface area contributed by atoms with Gasteiger partial charge in [0.15, 0.2) is 0 Å². The number of aryl methyl sites for hydroxylation is 1. The van der Waals surface area contributed by atoms with Gasteiger partial charge in [-0.1, -0.05) is 0 Å². The first-order chi connectivity index (χ1) is 13.0. The molecule has 4 aliphatic rings. The van der Waals surface area contributed by atoms with Crippen LogP contribution >= 0.6 is 0 Å². The number of rotatable bonds is 8. The Balaban J connectivity index is 1.22. The highest BCUT2D eigenvalue weighted by Crippen LogP contribution is 2.61. The Morgan fingerprint density at radius 2 is 1.74 bits per heavy atom. The summed E-state index contributed by atoms with van der Waals surface area (Å²) in [6.07, 6.45) is 8.86. The van der Waals surface area contributed by atoms with E-state index in [2.05, 4.69) is 25.9 Å². The molecule has 1 aromatic heterocycles. The molecular weight excluding hydrogens is 338 g/mol. The quantitative estimate of drug-likeness (QED) is 0.611. The first-order valence-corrected chi connectivity index (χ1v) is 10.6. The van der Waals surface area contributed by atoms with Crippen LogP contribution in [0.25, 0.3) is 0 Å². The Kier molecular flexibility index (Phi) is 5.24. The molecule has 4 bridgehead atoms. The van der Waals surface area contributed by atoms with Gasteiger partial charge in [0, 0.05) is 37.8 Å². The van der Waals surface area contributed by atoms with Gasteiger partial charge in [-0.3, -0.25) is 4.79 Å². The molecule has 1 heterocycles. The van der Waals surface area contributed by atoms with E-state index in [1.807, 2.05) is 19.9 Å². The third-order valence-electron chi connectivity index (χ3n) is 6.64. The van der Waals surface area contributed by atoms with E-state index in [0.29, 0.717) is 24.5 Å². The third kappa shape index (κ3) is 4.36. The lowest BCUT2D eigenvalue weighted by atomic mass is 9.49. The summed E-state index contributed by atoms with van der Waals surface area (Å²) in [6.45, 7) is 6.09. The van der Waals surface area contributed by atoms with Crippen LogP contribution in [0.5, 0.6) is 0 Å². The summed E-state index contributed by atoms with van der Waals surface area (Å²) in [6, 6.07) is 1.93. The second-order valence-electron chi connectivity index (χ2n) is 9.12. The van der Waals surface area contributed by atoms with Crippen LogP contribution in [0.1, 0.15) is 57.6 Å². The number of nitrogens with zero attached hydrogens (tertiary/aromatic N) is 2. The van der Waals surface area contributed by atoms with Crippen molar-refractivity contribution in [2.45, 2.75) is 58.8 Å². The molecule has 3 N–H and O–H groups in total. The molecule has 0 atom stereocenters. The first-order valence-electron chi connectivity index (χ1n) is 10.6. The second kappa shape index (κ2) is 7.64. The highest BCUT2D eigenvalue weighted by atomic mass is 16.1. The van der Waals surface area contributed by atoms with Crippen molar-refractivity contribution in [1.82, 2.24) is 15.3 Å². The van der Waals surface area contributed by atoms with Gasteiger partial charge in [0.25, 0.3) is 0 Å². The maximum absolute atomic E-state index is 12.6. The van der Waals surface area contributed by atoms with Gasteiger partial charge in [0.05, 0.1) is 0 Å². The van der Waals surface area contributed by atoms with Crippen LogP contribution in [0.3, 0.4) is 0 Å². The van der Waals surface area contributed by atoms with Gasteiger partial charge in [-0.25, -0.2) is 4.98 Å². The van der Waals surface area contributed by atoms with Crippen molar-refractivity contribution < 1.29 is 4.79 Å². The van der Waals surface area contributed by atoms with Crippen molar-refractivity contribution in [1.29, 1.82) is 0 Å². The standard InChI is InChI=1S/C21H33N5O/c1-3-22-18-6-14(2)25-20(26-18)24-5-4-23-19(27)13-21-10-15-7-16(11-21)9-17(8-15)12-21/h6,15-17H,3-5,7-13H2,1-2H3,(H,23,27)(H2,22,24,25,26). The zero-order valence-electron chi connectivity index (χ0n) is 16.7. The molecule has 0 spiro atoms. The van der Waals surface area contributed by atoms with Crippen molar-refractivity contribution in [2.75, 3.05) is 30.3 Å². The molecule has 0 unspecified atom stereocenters. The van der Waals surface area contributed by atoms with Gasteiger partial charge in [0.1, 0.15) is 5.82 Å². The summed E-state index contributed by atoms with van der Waals surface area (Å²) in [7, 11) is 0. The van der Waals surface area contributed by atoms with E-state index in [-0.39, 0.29) is 5.91 Å². The Morgan fingerprint density at radius 1 is 1.07 bits per heavy atom. The summed E-state index contributed by atoms with van der Waals surface area (Å²) in [4.78, 5) is 21.4. The topological polar surface area (TPSA) is 78.9 Å². The number of nitrogens with one attached hydrogen (secondary N) is 3. The van der Waals surface area contributed by atoms with Gasteiger partial charge in [-0.2, -0.15) is 4.98 Å². The molecule has 0 radical (unpaired) electrons. The molecule has 27 heavy (non-hydrogen) atoms. The molecule has 1 aromatic rings. The van der Waals surface area contributed by atoms with Crippen molar-refractivity contribution in [2.24, 2.45) is 23.2 Å². The molecule has 6 nitrogen and oxygen atoms in total. The minimum atomic E-state index is 0.220. The molecule has 1 amide bonds. The predicted octanol–water partition coefficient (Wildman–Crippen LogP) is 3.35. The zero-order valence-corrected chi connectivity index (χ0v) is 16.7. The van der Waals surface area contributed by atoms with Crippen molar-refractivity contribution >= 4 is 17.7 Å². The number of anilines is 2. The Hall–Kier alpha value is -1.85. The van der Waals surface area contributed by atoms with Crippen molar-refractivity contribution in [3.05, 3.63) is 11.8 Å². The fourth-order valence-corrected chi connectivity index (χ4v) is 6.21. The Morgan fingerprint density at radius 3 is 2.37 bits per heavy atom. The van der Waals surface area contributed by atoms with E-state index in [1.54, 1.807) is 0 Å². The lowest BCUT2D eigenvalue weighted by molar-refractivity contribution is -0.129. The van der Waals surface area contributed by atoms with Crippen LogP contribution in [0.4, 0.5) is 11.8 Å². The highest BCUT2D eigenvalue weighted by Gasteiger charge is 2.51. The molecule has 0 aromatic carbocycles. The monoisotopic (exact) mass is 371 g/mol. The SMILES string of the molecule is CCNc1cc(C)nc(NCCNC(=O)CC23CC4CC(CC(C4)C2)C3)n1. The Labute approximate surface area is 162 Å². The minimum Gasteiger partial charge on any atom is -0.370 e. The van der Waals surface area contributed by atoms with Crippen LogP contribution in [-0.2, 0) is 4.79 Å². The fraction of sp³-hybridized carbons (Fsp3) is 0.762. The first kappa shape index (κ1) is 18.5. The number of amides is 1. The van der Waals surface area contributed by atoms with E-state index >= 15 is 0 Å². The summed E-state index contributed by atoms with van der Waals surface area (Å²) in [5.74, 6) is 4.36. The molecule has 0 aliphatic heterocycles. The van der Waals surface area contributed by atoms with E-state index in [9.17, 15) is 4.79 Å². The van der Waals surface area contributed by atoms with Crippen LogP contribution in [0.2, 0.25) is 0 Å². The zero-order chi connectivity index (χ0) is 18.9. The highest BCUT2D eigenvalue weighted by molar-refractivity contribution is 5.76. The number of carbonyl (C=O) groups excluding carboxylic acids is 1. The average Bonchev–Trinajstić information content (AvgIpc) is 2.57. The molecule has 6 heteroatoms. The maximum Gasteiger partial charge on any atom is 0.224 e. The van der Waals surface area contributed by atoms with E-state index in [0.717, 1.165) is 42.2 Å². The average molecular weight is 372 g/mol. The molecular formula is C21H33N5O. The summed E-state index contributed by atoms with van der Waals surface area (Å²) >= 11 is 0. The van der Waals surface area contributed by atoms with E-state index in [4.69, 9.17) is 0 Å². The van der Waals surface area contributed by atoms with Gasteiger partial charge in [-0.15, -0.1) is 0 Å². The fourth-order valence-electron chi connectivity index (χ4n) is 6.21. The summed E-state index contributed by atoms with van der Waals surface area (Å²) < 4.78 is 0. The predicted molar refractivity (Wildman–Crippen MR) is 108 cm³/mol. The largest absolute Gasteiger partial charge is 0.370 e. The number of aromatic nitrogens is 2. The van der Waals surface area contributed by atoms with Crippen molar-refractivity contribution in [3.63, 3.8) is 0 Å². The molecule has 4 fully saturated rings. The van der Waals surface area contributed by atoms with E-state index < -0.39 is 0 Å². The number of hydrogen-bond acceptors (Lipinski definition) is 5. The summed E-state index contributed by atoms with van der Waals surface area (Å²) in [5, 5.41) is 9.54. The van der Waals surface area contributed by atoms with E-state index in [1.165, 1.54) is 38.5 Å². The van der Waals surface area contributed by atoms with Gasteiger partial charge in [-0.05, 0) is 75.5 Å². The molecule has 0 saturated heterocycles. The molecule has 4 saturated carbocycles. The second-order valence-corrected chi connectivity index (χ2v) is 9.12. The van der Waals surface area contributed by atoms with Crippen LogP contribution in [0, 0.1) is 30.1 Å². The van der Waals surface area contributed by atoms with Crippen LogP contribution in [0.15, 0.2) is 6.07 Å². The van der Waals surface area contributed by atoms with Gasteiger partial charge < -0.3 is 16.0 Å². The normalized spacial score (nSPS) is 31.0. The number of carbonyl (C=O) groups is 1. The minimum absolute atomic E-state index is 0.220. The molecule has 148 valence electrons. The smallest absolute Gasteiger partial charge is 0.224 e. The van der Waals surface area contributed by atoms with Crippen LogP contribution < -0.4 is 16.0 Å². The van der Waals surface area contributed by atoms with Crippen molar-refractivity contribution in [3.8, 4) is 0 Å². The Bertz CT molecular complexity index is 654. The lowest BCUT2D eigenvalue weighted by Crippen LogP contribution is -2.48. The number of hydrogen-bond donors (Lipinski definition) is 3.